The van der Waals surface area contributed by atoms with E-state index in [0.717, 1.165) is 5.56 Å². The van der Waals surface area contributed by atoms with Crippen LogP contribution in [0.25, 0.3) is 0 Å². The van der Waals surface area contributed by atoms with E-state index < -0.39 is 0 Å². The highest BCUT2D eigenvalue weighted by atomic mass is 16.5. The Morgan fingerprint density at radius 1 is 1.24 bits per heavy atom. The van der Waals surface area contributed by atoms with Crippen LogP contribution >= 0.6 is 0 Å². The van der Waals surface area contributed by atoms with E-state index in [0.29, 0.717) is 23.7 Å². The van der Waals surface area contributed by atoms with Crippen LogP contribution in [-0.4, -0.2) is 51.8 Å². The van der Waals surface area contributed by atoms with Gasteiger partial charge in [0.2, 0.25) is 5.75 Å². The maximum absolute atomic E-state index is 11.6. The molecular weight excluding hydrogens is 272 g/mol. The average Bonchev–Trinajstić information content (AvgIpc) is 2.43. The number of likely N-dealkylation sites (N-methyl/N-ethyl adjacent to an activating group) is 1. The van der Waals surface area contributed by atoms with Crippen molar-refractivity contribution in [1.29, 1.82) is 0 Å². The molecule has 1 rings (SSSR count). The van der Waals surface area contributed by atoms with Gasteiger partial charge in [0.15, 0.2) is 18.1 Å². The largest absolute Gasteiger partial charge is 0.493 e. The number of nitrogens with two attached hydrogens (primary N) is 1. The van der Waals surface area contributed by atoms with Gasteiger partial charge >= 0.3 is 0 Å². The molecule has 0 aliphatic heterocycles. The molecule has 0 aromatic heterocycles. The third-order valence-electron chi connectivity index (χ3n) is 2.92. The maximum Gasteiger partial charge on any atom is 0.259 e. The number of hydrogen-bond donors (Lipinski definition) is 1. The minimum atomic E-state index is -0.140. The molecule has 0 radical (unpaired) electrons. The van der Waals surface area contributed by atoms with Crippen LogP contribution in [0, 0.1) is 0 Å². The van der Waals surface area contributed by atoms with Gasteiger partial charge < -0.3 is 24.8 Å². The van der Waals surface area contributed by atoms with Crippen molar-refractivity contribution in [2.75, 3.05) is 34.9 Å². The molecule has 0 fully saturated rings. The van der Waals surface area contributed by atoms with Crippen molar-refractivity contribution in [1.82, 2.24) is 4.90 Å². The first-order chi connectivity index (χ1) is 9.88. The van der Waals surface area contributed by atoms with Gasteiger partial charge in [-0.25, -0.2) is 0 Å². The normalized spacial score (nSPS) is 11.7. The number of benzene rings is 1. The zero-order chi connectivity index (χ0) is 16.0. The second-order valence-electron chi connectivity index (χ2n) is 5.09. The number of rotatable bonds is 7. The third-order valence-corrected chi connectivity index (χ3v) is 2.92. The SMILES string of the molecule is COc1cc(CC(C)N)cc(OC)c1OCC(=O)N(C)C. The molecule has 0 heterocycles. The van der Waals surface area contributed by atoms with E-state index >= 15 is 0 Å². The molecule has 118 valence electrons. The topological polar surface area (TPSA) is 74.0 Å². The number of ether oxygens (including phenoxy) is 3. The van der Waals surface area contributed by atoms with Gasteiger partial charge in [0.05, 0.1) is 14.2 Å². The fraction of sp³-hybridized carbons (Fsp3) is 0.533. The lowest BCUT2D eigenvalue weighted by molar-refractivity contribution is -0.130. The molecule has 21 heavy (non-hydrogen) atoms. The number of methoxy groups -OCH3 is 2. The third kappa shape index (κ3) is 4.82. The summed E-state index contributed by atoms with van der Waals surface area (Å²) in [6.45, 7) is 1.85. The molecule has 0 spiro atoms. The molecular formula is C15H24N2O4. The molecule has 6 nitrogen and oxygen atoms in total. The van der Waals surface area contributed by atoms with Gasteiger partial charge in [-0.05, 0) is 31.0 Å². The number of carbonyl (C=O) groups excluding carboxylic acids is 1. The van der Waals surface area contributed by atoms with E-state index in [1.165, 1.54) is 4.90 Å². The summed E-state index contributed by atoms with van der Waals surface area (Å²) < 4.78 is 16.2. The van der Waals surface area contributed by atoms with Gasteiger partial charge in [0, 0.05) is 20.1 Å². The Hall–Kier alpha value is -1.95. The van der Waals surface area contributed by atoms with E-state index in [-0.39, 0.29) is 18.6 Å². The number of amides is 1. The minimum absolute atomic E-state index is 0.0292. The van der Waals surface area contributed by atoms with Crippen molar-refractivity contribution in [2.24, 2.45) is 5.73 Å². The van der Waals surface area contributed by atoms with Crippen molar-refractivity contribution in [2.45, 2.75) is 19.4 Å². The van der Waals surface area contributed by atoms with Crippen LogP contribution in [0.15, 0.2) is 12.1 Å². The Balaban J connectivity index is 3.03. The molecule has 0 saturated carbocycles. The van der Waals surface area contributed by atoms with Crippen LogP contribution in [-0.2, 0) is 11.2 Å². The number of nitrogens with zero attached hydrogens (tertiary/aromatic N) is 1. The van der Waals surface area contributed by atoms with Crippen molar-refractivity contribution in [3.8, 4) is 17.2 Å². The fourth-order valence-corrected chi connectivity index (χ4v) is 1.83. The first-order valence-corrected chi connectivity index (χ1v) is 6.72. The van der Waals surface area contributed by atoms with Crippen LogP contribution in [0.1, 0.15) is 12.5 Å². The number of carbonyl (C=O) groups is 1. The lowest BCUT2D eigenvalue weighted by Gasteiger charge is -2.17. The summed E-state index contributed by atoms with van der Waals surface area (Å²) in [4.78, 5) is 13.1. The molecule has 0 aliphatic rings. The highest BCUT2D eigenvalue weighted by molar-refractivity contribution is 5.77. The molecule has 1 atom stereocenters. The molecule has 0 bridgehead atoms. The Morgan fingerprint density at radius 3 is 2.14 bits per heavy atom. The summed E-state index contributed by atoms with van der Waals surface area (Å²) in [5, 5.41) is 0. The molecule has 1 amide bonds. The summed E-state index contributed by atoms with van der Waals surface area (Å²) in [6, 6.07) is 3.73. The first kappa shape index (κ1) is 17.1. The Morgan fingerprint density at radius 2 is 1.76 bits per heavy atom. The van der Waals surface area contributed by atoms with Gasteiger partial charge in [-0.2, -0.15) is 0 Å². The Bertz CT molecular complexity index is 462. The van der Waals surface area contributed by atoms with Crippen LogP contribution in [0.2, 0.25) is 0 Å². The second kappa shape index (κ2) is 7.73. The molecule has 6 heteroatoms. The van der Waals surface area contributed by atoms with Crippen molar-refractivity contribution in [3.05, 3.63) is 17.7 Å². The van der Waals surface area contributed by atoms with Crippen LogP contribution in [0.3, 0.4) is 0 Å². The van der Waals surface area contributed by atoms with E-state index in [1.54, 1.807) is 28.3 Å². The summed E-state index contributed by atoms with van der Waals surface area (Å²) in [7, 11) is 6.44. The molecule has 0 aliphatic carbocycles. The molecule has 1 aromatic rings. The molecule has 0 saturated heterocycles. The van der Waals surface area contributed by atoms with E-state index in [1.807, 2.05) is 19.1 Å². The second-order valence-corrected chi connectivity index (χ2v) is 5.09. The zero-order valence-electron chi connectivity index (χ0n) is 13.3. The highest BCUT2D eigenvalue weighted by Gasteiger charge is 2.16. The standard InChI is InChI=1S/C15H24N2O4/c1-10(16)6-11-7-12(19-4)15(13(8-11)20-5)21-9-14(18)17(2)3/h7-8,10H,6,9,16H2,1-5H3. The quantitative estimate of drug-likeness (QED) is 0.814. The van der Waals surface area contributed by atoms with Crippen LogP contribution in [0.5, 0.6) is 17.2 Å². The van der Waals surface area contributed by atoms with Gasteiger partial charge in [0.1, 0.15) is 0 Å². The predicted molar refractivity (Wildman–Crippen MR) is 81.1 cm³/mol. The van der Waals surface area contributed by atoms with E-state index in [2.05, 4.69) is 0 Å². The average molecular weight is 296 g/mol. The summed E-state index contributed by atoms with van der Waals surface area (Å²) in [5.74, 6) is 1.33. The smallest absolute Gasteiger partial charge is 0.259 e. The fourth-order valence-electron chi connectivity index (χ4n) is 1.83. The lowest BCUT2D eigenvalue weighted by atomic mass is 10.1. The van der Waals surface area contributed by atoms with Crippen molar-refractivity contribution >= 4 is 5.91 Å². The zero-order valence-corrected chi connectivity index (χ0v) is 13.3. The molecule has 1 aromatic carbocycles. The maximum atomic E-state index is 11.6. The van der Waals surface area contributed by atoms with Gasteiger partial charge in [-0.3, -0.25) is 4.79 Å². The van der Waals surface area contributed by atoms with E-state index in [9.17, 15) is 4.79 Å². The van der Waals surface area contributed by atoms with Gasteiger partial charge in [-0.15, -0.1) is 0 Å². The summed E-state index contributed by atoms with van der Waals surface area (Å²) >= 11 is 0. The summed E-state index contributed by atoms with van der Waals surface area (Å²) in [6.07, 6.45) is 0.698. The van der Waals surface area contributed by atoms with Crippen LogP contribution < -0.4 is 19.9 Å². The lowest BCUT2D eigenvalue weighted by Crippen LogP contribution is -2.27. The predicted octanol–water partition coefficient (Wildman–Crippen LogP) is 1.06. The molecule has 2 N–H and O–H groups in total. The van der Waals surface area contributed by atoms with Gasteiger partial charge in [-0.1, -0.05) is 0 Å². The first-order valence-electron chi connectivity index (χ1n) is 6.72. The number of hydrogen-bond acceptors (Lipinski definition) is 5. The minimum Gasteiger partial charge on any atom is -0.493 e. The van der Waals surface area contributed by atoms with Gasteiger partial charge in [0.25, 0.3) is 5.91 Å². The molecule has 1 unspecified atom stereocenters. The summed E-state index contributed by atoms with van der Waals surface area (Å²) in [5.41, 5.74) is 6.80. The van der Waals surface area contributed by atoms with Crippen molar-refractivity contribution in [3.63, 3.8) is 0 Å². The highest BCUT2D eigenvalue weighted by Crippen LogP contribution is 2.38. The Labute approximate surface area is 125 Å². The van der Waals surface area contributed by atoms with E-state index in [4.69, 9.17) is 19.9 Å². The Kier molecular flexibility index (Phi) is 6.30. The monoisotopic (exact) mass is 296 g/mol. The van der Waals surface area contributed by atoms with Crippen molar-refractivity contribution < 1.29 is 19.0 Å². The van der Waals surface area contributed by atoms with Crippen LogP contribution in [0.4, 0.5) is 0 Å².